The summed E-state index contributed by atoms with van der Waals surface area (Å²) >= 11 is 0. The minimum absolute atomic E-state index is 0.159. The van der Waals surface area contributed by atoms with Crippen molar-refractivity contribution in [3.05, 3.63) is 90.0 Å². The van der Waals surface area contributed by atoms with Crippen molar-refractivity contribution < 1.29 is 9.18 Å². The number of nitrogens with zero attached hydrogens (tertiary/aromatic N) is 1. The minimum Gasteiger partial charge on any atom is -0.341 e. The van der Waals surface area contributed by atoms with Crippen LogP contribution in [0.3, 0.4) is 0 Å². The topological polar surface area (TPSA) is 34.0 Å². The summed E-state index contributed by atoms with van der Waals surface area (Å²) in [5.74, 6) is 4.88. The molecule has 0 aliphatic rings. The molecule has 2 aromatic carbocycles. The van der Waals surface area contributed by atoms with Crippen molar-refractivity contribution in [3.63, 3.8) is 0 Å². The van der Waals surface area contributed by atoms with Crippen molar-refractivity contribution in [1.29, 1.82) is 0 Å². The zero-order valence-corrected chi connectivity index (χ0v) is 12.9. The first-order valence-electron chi connectivity index (χ1n) is 7.49. The molecule has 1 heterocycles. The van der Waals surface area contributed by atoms with Crippen LogP contribution in [0.2, 0.25) is 0 Å². The highest BCUT2D eigenvalue weighted by Gasteiger charge is 2.04. The maximum absolute atomic E-state index is 13.4. The van der Waals surface area contributed by atoms with E-state index in [2.05, 4.69) is 17.2 Å². The smallest absolute Gasteiger partial charge is 0.252 e. The number of hydrogen-bond acceptors (Lipinski definition) is 1. The quantitative estimate of drug-likeness (QED) is 0.738. The number of amides is 1. The van der Waals surface area contributed by atoms with Crippen LogP contribution in [0.25, 0.3) is 5.69 Å². The van der Waals surface area contributed by atoms with E-state index in [0.717, 1.165) is 5.69 Å². The first-order chi connectivity index (χ1) is 11.7. The van der Waals surface area contributed by atoms with Crippen LogP contribution in [-0.2, 0) is 0 Å². The largest absolute Gasteiger partial charge is 0.341 e. The van der Waals surface area contributed by atoms with Crippen molar-refractivity contribution in [2.45, 2.75) is 0 Å². The molecule has 0 spiro atoms. The van der Waals surface area contributed by atoms with E-state index >= 15 is 0 Å². The van der Waals surface area contributed by atoms with Crippen LogP contribution in [0.4, 0.5) is 4.39 Å². The zero-order valence-electron chi connectivity index (χ0n) is 12.9. The van der Waals surface area contributed by atoms with Gasteiger partial charge in [-0.2, -0.15) is 0 Å². The molecule has 3 aromatic rings. The van der Waals surface area contributed by atoms with Crippen LogP contribution in [0.5, 0.6) is 0 Å². The highest BCUT2D eigenvalue weighted by Crippen LogP contribution is 2.10. The first kappa shape index (κ1) is 15.6. The molecule has 0 radical (unpaired) electrons. The summed E-state index contributed by atoms with van der Waals surface area (Å²) in [6.45, 7) is 0.159. The fourth-order valence-electron chi connectivity index (χ4n) is 2.22. The summed E-state index contributed by atoms with van der Waals surface area (Å²) in [5.41, 5.74) is 1.86. The molecular weight excluding hydrogens is 303 g/mol. The van der Waals surface area contributed by atoms with Crippen molar-refractivity contribution in [2.24, 2.45) is 0 Å². The molecule has 0 aliphatic heterocycles. The molecule has 0 saturated heterocycles. The Morgan fingerprint density at radius 3 is 2.42 bits per heavy atom. The van der Waals surface area contributed by atoms with E-state index in [0.29, 0.717) is 11.1 Å². The lowest BCUT2D eigenvalue weighted by molar-refractivity contribution is 0.0958. The summed E-state index contributed by atoms with van der Waals surface area (Å²) in [6.07, 6.45) is 3.88. The first-order valence-corrected chi connectivity index (χ1v) is 7.49. The van der Waals surface area contributed by atoms with Crippen molar-refractivity contribution >= 4 is 5.91 Å². The number of hydrogen-bond donors (Lipinski definition) is 1. The van der Waals surface area contributed by atoms with Gasteiger partial charge in [0.15, 0.2) is 0 Å². The van der Waals surface area contributed by atoms with Gasteiger partial charge in [-0.25, -0.2) is 4.39 Å². The van der Waals surface area contributed by atoms with Gasteiger partial charge in [-0.3, -0.25) is 4.79 Å². The average Bonchev–Trinajstić information content (AvgIpc) is 3.15. The summed E-state index contributed by atoms with van der Waals surface area (Å²) < 4.78 is 15.4. The number of carbonyl (C=O) groups excluding carboxylic acids is 1. The van der Waals surface area contributed by atoms with E-state index in [4.69, 9.17) is 0 Å². The van der Waals surface area contributed by atoms with E-state index in [1.54, 1.807) is 30.3 Å². The number of nitrogens with one attached hydrogen (secondary N) is 1. The number of aromatic nitrogens is 1. The Morgan fingerprint density at radius 2 is 1.71 bits per heavy atom. The van der Waals surface area contributed by atoms with Gasteiger partial charge in [-0.15, -0.1) is 0 Å². The Bertz CT molecular complexity index is 887. The van der Waals surface area contributed by atoms with Gasteiger partial charge in [0.25, 0.3) is 5.91 Å². The lowest BCUT2D eigenvalue weighted by Crippen LogP contribution is -2.23. The molecule has 3 nitrogen and oxygen atoms in total. The minimum atomic E-state index is -0.364. The molecule has 118 valence electrons. The maximum atomic E-state index is 13.4. The van der Waals surface area contributed by atoms with Gasteiger partial charge in [-0.1, -0.05) is 24.0 Å². The van der Waals surface area contributed by atoms with Gasteiger partial charge < -0.3 is 9.88 Å². The molecule has 1 amide bonds. The molecule has 1 N–H and O–H groups in total. The molecule has 0 bridgehead atoms. The lowest BCUT2D eigenvalue weighted by Gasteiger charge is -2.05. The predicted octanol–water partition coefficient (Wildman–Crippen LogP) is 3.40. The highest BCUT2D eigenvalue weighted by atomic mass is 19.1. The summed E-state index contributed by atoms with van der Waals surface area (Å²) in [7, 11) is 0. The Morgan fingerprint density at radius 1 is 1.00 bits per heavy atom. The molecule has 0 aliphatic carbocycles. The zero-order chi connectivity index (χ0) is 16.8. The van der Waals surface area contributed by atoms with Crippen molar-refractivity contribution in [1.82, 2.24) is 9.88 Å². The van der Waals surface area contributed by atoms with Crippen molar-refractivity contribution in [2.75, 3.05) is 6.54 Å². The Kier molecular flexibility index (Phi) is 4.73. The molecular formula is C20H15FN2O. The third kappa shape index (κ3) is 3.71. The Labute approximate surface area is 139 Å². The maximum Gasteiger partial charge on any atom is 0.252 e. The van der Waals surface area contributed by atoms with Crippen LogP contribution in [0.15, 0.2) is 73.1 Å². The standard InChI is InChI=1S/C20H15FN2O/c21-19-8-2-1-6-16(19)7-5-13-22-20(24)17-9-11-18(12-10-17)23-14-3-4-15-23/h1-4,6,8-12,14-15H,13H2,(H,22,24). The third-order valence-corrected chi connectivity index (χ3v) is 3.47. The van der Waals surface area contributed by atoms with Gasteiger partial charge in [0.05, 0.1) is 12.1 Å². The van der Waals surface area contributed by atoms with E-state index < -0.39 is 0 Å². The van der Waals surface area contributed by atoms with Crippen LogP contribution in [0.1, 0.15) is 15.9 Å². The SMILES string of the molecule is O=C(NCC#Cc1ccccc1F)c1ccc(-n2cccc2)cc1. The van der Waals surface area contributed by atoms with E-state index in [1.807, 2.05) is 41.2 Å². The van der Waals surface area contributed by atoms with E-state index in [-0.39, 0.29) is 18.3 Å². The molecule has 0 unspecified atom stereocenters. The Balaban J connectivity index is 1.59. The monoisotopic (exact) mass is 318 g/mol. The second kappa shape index (κ2) is 7.30. The molecule has 0 saturated carbocycles. The van der Waals surface area contributed by atoms with Crippen molar-refractivity contribution in [3.8, 4) is 17.5 Å². The number of halogens is 1. The molecule has 0 atom stereocenters. The summed E-state index contributed by atoms with van der Waals surface area (Å²) in [4.78, 5) is 12.1. The fraction of sp³-hybridized carbons (Fsp3) is 0.0500. The van der Waals surface area contributed by atoms with Gasteiger partial charge in [-0.05, 0) is 48.5 Å². The lowest BCUT2D eigenvalue weighted by atomic mass is 10.2. The molecule has 0 fully saturated rings. The molecule has 3 rings (SSSR count). The van der Waals surface area contributed by atoms with Gasteiger partial charge in [0, 0.05) is 23.6 Å². The molecule has 24 heavy (non-hydrogen) atoms. The van der Waals surface area contributed by atoms with Crippen LogP contribution < -0.4 is 5.32 Å². The number of benzene rings is 2. The van der Waals surface area contributed by atoms with Crippen LogP contribution in [-0.4, -0.2) is 17.0 Å². The van der Waals surface area contributed by atoms with Gasteiger partial charge in [0.1, 0.15) is 5.82 Å². The van der Waals surface area contributed by atoms with E-state index in [1.165, 1.54) is 6.07 Å². The summed E-state index contributed by atoms with van der Waals surface area (Å²) in [6, 6.07) is 17.4. The number of carbonyl (C=O) groups is 1. The Hall–Kier alpha value is -3.32. The summed E-state index contributed by atoms with van der Waals surface area (Å²) in [5, 5.41) is 2.70. The highest BCUT2D eigenvalue weighted by molar-refractivity contribution is 5.94. The second-order valence-corrected chi connectivity index (χ2v) is 5.10. The molecule has 1 aromatic heterocycles. The van der Waals surface area contributed by atoms with Crippen LogP contribution >= 0.6 is 0 Å². The molecule has 4 heteroatoms. The fourth-order valence-corrected chi connectivity index (χ4v) is 2.22. The van der Waals surface area contributed by atoms with Gasteiger partial charge >= 0.3 is 0 Å². The normalized spacial score (nSPS) is 9.88. The second-order valence-electron chi connectivity index (χ2n) is 5.10. The van der Waals surface area contributed by atoms with Crippen LogP contribution in [0, 0.1) is 17.7 Å². The van der Waals surface area contributed by atoms with E-state index in [9.17, 15) is 9.18 Å². The third-order valence-electron chi connectivity index (χ3n) is 3.47. The van der Waals surface area contributed by atoms with Gasteiger partial charge in [0.2, 0.25) is 0 Å². The predicted molar refractivity (Wildman–Crippen MR) is 91.4 cm³/mol. The average molecular weight is 318 g/mol. The number of rotatable bonds is 3.